The molecule has 0 radical (unpaired) electrons. The molecule has 0 heteroatoms. The van der Waals surface area contributed by atoms with Crippen molar-refractivity contribution in [3.05, 3.63) is 109 Å². The Morgan fingerprint density at radius 1 is 0.357 bits per heavy atom. The number of hydrogen-bond acceptors (Lipinski definition) is 0. The molecule has 6 rings (SSSR count). The summed E-state index contributed by atoms with van der Waals surface area (Å²) in [6, 6.07) is 39.6. The van der Waals surface area contributed by atoms with Gasteiger partial charge in [-0.15, -0.1) is 0 Å². The van der Waals surface area contributed by atoms with Crippen LogP contribution in [0.1, 0.15) is 0 Å². The van der Waals surface area contributed by atoms with Crippen molar-refractivity contribution in [3.63, 3.8) is 0 Å². The molecule has 0 bridgehead atoms. The molecule has 0 aromatic heterocycles. The van der Waals surface area contributed by atoms with Crippen molar-refractivity contribution in [2.75, 3.05) is 0 Å². The summed E-state index contributed by atoms with van der Waals surface area (Å²) < 4.78 is 0. The molecule has 0 saturated carbocycles. The molecule has 0 N–H and O–H groups in total. The quantitative estimate of drug-likeness (QED) is 0.277. The Morgan fingerprint density at radius 2 is 1.00 bits per heavy atom. The fourth-order valence-electron chi connectivity index (χ4n) is 4.49. The first kappa shape index (κ1) is 15.4. The minimum absolute atomic E-state index is 1.26. The zero-order chi connectivity index (χ0) is 18.5. The summed E-state index contributed by atoms with van der Waals surface area (Å²) in [6.45, 7) is 0. The highest BCUT2D eigenvalue weighted by atomic mass is 14.2. The summed E-state index contributed by atoms with van der Waals surface area (Å²) in [5, 5.41) is 7.98. The third kappa shape index (κ3) is 2.25. The number of rotatable bonds is 2. The lowest BCUT2D eigenvalue weighted by molar-refractivity contribution is 1.64. The van der Waals surface area contributed by atoms with Crippen LogP contribution < -0.4 is 0 Å². The third-order valence-electron chi connectivity index (χ3n) is 5.77. The standard InChI is InChI=1S/C28H18/c1-3-8-19(9-4-1)24-16-23-15-14-21-12-7-13-22-17-25(20-10-5-2-6-11-20)26(18-24)28(23)27(21)22/h1-18H. The van der Waals surface area contributed by atoms with Crippen LogP contribution >= 0.6 is 0 Å². The molecular weight excluding hydrogens is 336 g/mol. The monoisotopic (exact) mass is 354 g/mol. The van der Waals surface area contributed by atoms with Gasteiger partial charge in [0.05, 0.1) is 0 Å². The van der Waals surface area contributed by atoms with Crippen LogP contribution in [0.2, 0.25) is 0 Å². The topological polar surface area (TPSA) is 0 Å². The van der Waals surface area contributed by atoms with E-state index in [9.17, 15) is 0 Å². The fraction of sp³-hybridized carbons (Fsp3) is 0. The Kier molecular flexibility index (Phi) is 3.27. The minimum atomic E-state index is 1.26. The first-order chi connectivity index (χ1) is 13.9. The van der Waals surface area contributed by atoms with Crippen molar-refractivity contribution in [1.29, 1.82) is 0 Å². The van der Waals surface area contributed by atoms with Crippen LogP contribution in [0, 0.1) is 0 Å². The van der Waals surface area contributed by atoms with Crippen LogP contribution in [-0.2, 0) is 0 Å². The molecule has 0 spiro atoms. The molecule has 28 heavy (non-hydrogen) atoms. The molecule has 130 valence electrons. The van der Waals surface area contributed by atoms with Crippen molar-refractivity contribution in [3.8, 4) is 22.3 Å². The van der Waals surface area contributed by atoms with Crippen molar-refractivity contribution < 1.29 is 0 Å². The largest absolute Gasteiger partial charge is 0.0622 e. The second-order valence-corrected chi connectivity index (χ2v) is 7.42. The van der Waals surface area contributed by atoms with E-state index in [1.807, 2.05) is 0 Å². The predicted molar refractivity (Wildman–Crippen MR) is 121 cm³/mol. The van der Waals surface area contributed by atoms with Gasteiger partial charge in [-0.2, -0.15) is 0 Å². The van der Waals surface area contributed by atoms with Gasteiger partial charge in [0.1, 0.15) is 0 Å². The first-order valence-electron chi connectivity index (χ1n) is 9.71. The van der Waals surface area contributed by atoms with Gasteiger partial charge in [0.2, 0.25) is 0 Å². The van der Waals surface area contributed by atoms with Gasteiger partial charge in [0, 0.05) is 0 Å². The first-order valence-corrected chi connectivity index (χ1v) is 9.71. The van der Waals surface area contributed by atoms with Gasteiger partial charge in [-0.25, -0.2) is 0 Å². The van der Waals surface area contributed by atoms with E-state index in [1.54, 1.807) is 0 Å². The van der Waals surface area contributed by atoms with Crippen LogP contribution in [-0.4, -0.2) is 0 Å². The van der Waals surface area contributed by atoms with Crippen LogP contribution in [0.3, 0.4) is 0 Å². The molecule has 0 aliphatic rings. The lowest BCUT2D eigenvalue weighted by atomic mass is 9.87. The maximum absolute atomic E-state index is 2.37. The van der Waals surface area contributed by atoms with E-state index in [2.05, 4.69) is 109 Å². The van der Waals surface area contributed by atoms with Crippen molar-refractivity contribution in [2.45, 2.75) is 0 Å². The molecule has 0 aliphatic carbocycles. The number of hydrogen-bond donors (Lipinski definition) is 0. The summed E-state index contributed by atoms with van der Waals surface area (Å²) in [5.41, 5.74) is 5.09. The van der Waals surface area contributed by atoms with Crippen molar-refractivity contribution in [2.24, 2.45) is 0 Å². The van der Waals surface area contributed by atoms with E-state index in [-0.39, 0.29) is 0 Å². The molecule has 6 aromatic rings. The third-order valence-corrected chi connectivity index (χ3v) is 5.77. The summed E-state index contributed by atoms with van der Waals surface area (Å²) >= 11 is 0. The Hall–Kier alpha value is -3.64. The lowest BCUT2D eigenvalue weighted by Gasteiger charge is -2.16. The maximum Gasteiger partial charge on any atom is -0.00201 e. The molecule has 0 heterocycles. The van der Waals surface area contributed by atoms with Crippen LogP contribution in [0.4, 0.5) is 0 Å². The smallest absolute Gasteiger partial charge is 0.00201 e. The molecule has 0 aliphatic heterocycles. The molecule has 0 atom stereocenters. The van der Waals surface area contributed by atoms with Gasteiger partial charge >= 0.3 is 0 Å². The highest BCUT2D eigenvalue weighted by Crippen LogP contribution is 2.42. The summed E-state index contributed by atoms with van der Waals surface area (Å²) in [4.78, 5) is 0. The molecule has 6 aromatic carbocycles. The Labute approximate surface area is 164 Å². The number of benzene rings is 6. The molecule has 0 nitrogen and oxygen atoms in total. The Bertz CT molecular complexity index is 1430. The lowest BCUT2D eigenvalue weighted by Crippen LogP contribution is -1.89. The summed E-state index contributed by atoms with van der Waals surface area (Å²) in [7, 11) is 0. The van der Waals surface area contributed by atoms with E-state index in [1.165, 1.54) is 54.6 Å². The average Bonchev–Trinajstić information content (AvgIpc) is 2.78. The molecule has 0 fully saturated rings. The van der Waals surface area contributed by atoms with E-state index in [0.717, 1.165) is 0 Å². The van der Waals surface area contributed by atoms with Gasteiger partial charge < -0.3 is 0 Å². The Morgan fingerprint density at radius 3 is 1.79 bits per heavy atom. The van der Waals surface area contributed by atoms with Crippen molar-refractivity contribution in [1.82, 2.24) is 0 Å². The van der Waals surface area contributed by atoms with Gasteiger partial charge in [-0.05, 0) is 72.8 Å². The maximum atomic E-state index is 2.37. The van der Waals surface area contributed by atoms with Crippen LogP contribution in [0.25, 0.3) is 54.6 Å². The fourth-order valence-corrected chi connectivity index (χ4v) is 4.49. The summed E-state index contributed by atoms with van der Waals surface area (Å²) in [5.74, 6) is 0. The van der Waals surface area contributed by atoms with E-state index in [0.29, 0.717) is 0 Å². The van der Waals surface area contributed by atoms with Gasteiger partial charge in [0.25, 0.3) is 0 Å². The van der Waals surface area contributed by atoms with Gasteiger partial charge in [0.15, 0.2) is 0 Å². The zero-order valence-electron chi connectivity index (χ0n) is 15.4. The molecule has 0 amide bonds. The van der Waals surface area contributed by atoms with Crippen LogP contribution in [0.15, 0.2) is 109 Å². The predicted octanol–water partition coefficient (Wildman–Crippen LogP) is 7.92. The normalized spacial score (nSPS) is 11.6. The Balaban J connectivity index is 1.82. The van der Waals surface area contributed by atoms with Gasteiger partial charge in [-0.3, -0.25) is 0 Å². The minimum Gasteiger partial charge on any atom is -0.0622 e. The second kappa shape index (κ2) is 5.94. The van der Waals surface area contributed by atoms with Crippen molar-refractivity contribution >= 4 is 32.3 Å². The van der Waals surface area contributed by atoms with E-state index >= 15 is 0 Å². The SMILES string of the molecule is c1ccc(-c2cc3ccc4cccc5cc(-c6ccccc6)c(c2)c3c45)cc1. The van der Waals surface area contributed by atoms with Crippen LogP contribution in [0.5, 0.6) is 0 Å². The van der Waals surface area contributed by atoms with E-state index in [4.69, 9.17) is 0 Å². The second-order valence-electron chi connectivity index (χ2n) is 7.42. The zero-order valence-corrected chi connectivity index (χ0v) is 15.4. The molecular formula is C28H18. The van der Waals surface area contributed by atoms with Gasteiger partial charge in [-0.1, -0.05) is 91.0 Å². The van der Waals surface area contributed by atoms with E-state index < -0.39 is 0 Å². The average molecular weight is 354 g/mol. The highest BCUT2D eigenvalue weighted by molar-refractivity contribution is 6.27. The summed E-state index contributed by atoms with van der Waals surface area (Å²) in [6.07, 6.45) is 0. The molecule has 0 unspecified atom stereocenters. The highest BCUT2D eigenvalue weighted by Gasteiger charge is 2.14. The molecule has 0 saturated heterocycles.